The molecule has 1 fully saturated rings. The number of anilines is 1. The van der Waals surface area contributed by atoms with Crippen LogP contribution in [0.4, 0.5) is 5.69 Å². The highest BCUT2D eigenvalue weighted by Gasteiger charge is 2.24. The Kier molecular flexibility index (Phi) is 5.49. The minimum atomic E-state index is -0.00805. The summed E-state index contributed by atoms with van der Waals surface area (Å²) in [6.07, 6.45) is 0.930. The average molecular weight is 417 g/mol. The Morgan fingerprint density at radius 1 is 1.56 bits per heavy atom. The number of hydrogen-bond acceptors (Lipinski definition) is 2. The van der Waals surface area contributed by atoms with Gasteiger partial charge in [0.05, 0.1) is 6.04 Å². The predicted octanol–water partition coefficient (Wildman–Crippen LogP) is 2.78. The van der Waals surface area contributed by atoms with Crippen LogP contribution in [0.15, 0.2) is 22.7 Å². The summed E-state index contributed by atoms with van der Waals surface area (Å²) in [5, 5.41) is 5.95. The summed E-state index contributed by atoms with van der Waals surface area (Å²) in [6.45, 7) is 0.940. The van der Waals surface area contributed by atoms with Crippen LogP contribution in [0.3, 0.4) is 0 Å². The zero-order valence-electron chi connectivity index (χ0n) is 8.30. The van der Waals surface area contributed by atoms with Gasteiger partial charge in [-0.15, -0.1) is 12.4 Å². The summed E-state index contributed by atoms with van der Waals surface area (Å²) < 4.78 is 2.13. The van der Waals surface area contributed by atoms with Gasteiger partial charge in [-0.2, -0.15) is 0 Å². The fourth-order valence-corrected chi connectivity index (χ4v) is 2.08. The van der Waals surface area contributed by atoms with Crippen molar-refractivity contribution in [1.82, 2.24) is 5.32 Å². The molecule has 3 nitrogen and oxygen atoms in total. The summed E-state index contributed by atoms with van der Waals surface area (Å²) in [6, 6.07) is 5.77. The van der Waals surface area contributed by atoms with E-state index in [0.717, 1.165) is 26.7 Å². The lowest BCUT2D eigenvalue weighted by Gasteiger charge is -2.26. The van der Waals surface area contributed by atoms with E-state index in [1.165, 1.54) is 0 Å². The highest BCUT2D eigenvalue weighted by atomic mass is 127. The maximum absolute atomic E-state index is 11.6. The molecule has 0 unspecified atom stereocenters. The molecule has 0 spiro atoms. The third-order valence-electron chi connectivity index (χ3n) is 2.33. The van der Waals surface area contributed by atoms with E-state index in [0.29, 0.717) is 0 Å². The van der Waals surface area contributed by atoms with Gasteiger partial charge in [-0.05, 0) is 69.7 Å². The fraction of sp³-hybridized carbons (Fsp3) is 0.300. The Labute approximate surface area is 122 Å². The van der Waals surface area contributed by atoms with Gasteiger partial charge in [0.2, 0.25) is 5.91 Å². The first-order valence-electron chi connectivity index (χ1n) is 4.66. The first kappa shape index (κ1) is 14.2. The molecule has 6 heteroatoms. The van der Waals surface area contributed by atoms with E-state index >= 15 is 0 Å². The lowest BCUT2D eigenvalue weighted by atomic mass is 10.1. The zero-order chi connectivity index (χ0) is 10.8. The molecule has 0 bridgehead atoms. The van der Waals surface area contributed by atoms with Crippen LogP contribution in [0.5, 0.6) is 0 Å². The second-order valence-corrected chi connectivity index (χ2v) is 5.43. The maximum Gasteiger partial charge on any atom is 0.241 e. The van der Waals surface area contributed by atoms with Crippen LogP contribution in [-0.2, 0) is 4.79 Å². The molecule has 1 aliphatic rings. The first-order valence-corrected chi connectivity index (χ1v) is 6.53. The molecule has 0 radical (unpaired) electrons. The lowest BCUT2D eigenvalue weighted by Crippen LogP contribution is -2.50. The first-order chi connectivity index (χ1) is 7.16. The smallest absolute Gasteiger partial charge is 0.241 e. The van der Waals surface area contributed by atoms with Crippen LogP contribution in [0.25, 0.3) is 0 Å². The molecule has 1 aromatic rings. The zero-order valence-corrected chi connectivity index (χ0v) is 12.9. The minimum Gasteiger partial charge on any atom is -0.325 e. The molecule has 0 aromatic heterocycles. The molecule has 1 aromatic carbocycles. The Bertz CT molecular complexity index is 398. The van der Waals surface area contributed by atoms with Crippen molar-refractivity contribution in [2.24, 2.45) is 0 Å². The topological polar surface area (TPSA) is 41.1 Å². The maximum atomic E-state index is 11.6. The van der Waals surface area contributed by atoms with Crippen LogP contribution in [-0.4, -0.2) is 18.5 Å². The molecule has 1 atom stereocenters. The summed E-state index contributed by atoms with van der Waals surface area (Å²) >= 11 is 5.64. The number of amides is 1. The van der Waals surface area contributed by atoms with Gasteiger partial charge in [-0.25, -0.2) is 0 Å². The molecule has 1 aliphatic heterocycles. The number of carbonyl (C=O) groups excluding carboxylic acids is 1. The van der Waals surface area contributed by atoms with Crippen molar-refractivity contribution >= 4 is 62.5 Å². The fourth-order valence-electron chi connectivity index (χ4n) is 1.32. The van der Waals surface area contributed by atoms with Crippen LogP contribution in [0, 0.1) is 3.57 Å². The highest BCUT2D eigenvalue weighted by Crippen LogP contribution is 2.22. The van der Waals surface area contributed by atoms with E-state index in [-0.39, 0.29) is 24.4 Å². The Morgan fingerprint density at radius 3 is 2.75 bits per heavy atom. The molecule has 1 saturated heterocycles. The Morgan fingerprint density at radius 2 is 2.25 bits per heavy atom. The number of carbonyl (C=O) groups is 1. The van der Waals surface area contributed by atoms with Crippen molar-refractivity contribution in [3.8, 4) is 0 Å². The van der Waals surface area contributed by atoms with Gasteiger partial charge in [0.1, 0.15) is 0 Å². The third kappa shape index (κ3) is 3.32. The molecule has 1 heterocycles. The van der Waals surface area contributed by atoms with Crippen molar-refractivity contribution < 1.29 is 4.79 Å². The van der Waals surface area contributed by atoms with Gasteiger partial charge >= 0.3 is 0 Å². The largest absolute Gasteiger partial charge is 0.325 e. The highest BCUT2D eigenvalue weighted by molar-refractivity contribution is 14.1. The third-order valence-corrected chi connectivity index (χ3v) is 4.65. The van der Waals surface area contributed by atoms with E-state index < -0.39 is 0 Å². The molecular weight excluding hydrogens is 406 g/mol. The standard InChI is InChI=1S/C10H10BrIN2O.ClH/c11-7-2-1-6(5-8(7)12)14-10(15)9-3-4-13-9;/h1-2,5,9,13H,3-4H2,(H,14,15);1H/t9-;/m1./s1. The van der Waals surface area contributed by atoms with Crippen molar-refractivity contribution in [1.29, 1.82) is 0 Å². The molecule has 2 N–H and O–H groups in total. The summed E-state index contributed by atoms with van der Waals surface area (Å²) in [7, 11) is 0. The van der Waals surface area contributed by atoms with E-state index in [4.69, 9.17) is 0 Å². The summed E-state index contributed by atoms with van der Waals surface area (Å²) in [4.78, 5) is 11.6. The molecule has 88 valence electrons. The molecule has 0 aliphatic carbocycles. The molecular formula is C10H11BrClIN2O. The van der Waals surface area contributed by atoms with Gasteiger partial charge in [-0.1, -0.05) is 0 Å². The summed E-state index contributed by atoms with van der Waals surface area (Å²) in [5.74, 6) is 0.0550. The van der Waals surface area contributed by atoms with Crippen molar-refractivity contribution in [3.63, 3.8) is 0 Å². The molecule has 0 saturated carbocycles. The minimum absolute atomic E-state index is 0. The number of hydrogen-bond donors (Lipinski definition) is 2. The van der Waals surface area contributed by atoms with Gasteiger partial charge in [0, 0.05) is 13.7 Å². The number of nitrogens with one attached hydrogen (secondary N) is 2. The van der Waals surface area contributed by atoms with Gasteiger partial charge < -0.3 is 10.6 Å². The van der Waals surface area contributed by atoms with E-state index in [2.05, 4.69) is 49.2 Å². The Balaban J connectivity index is 0.00000128. The molecule has 16 heavy (non-hydrogen) atoms. The number of benzene rings is 1. The quantitative estimate of drug-likeness (QED) is 0.727. The van der Waals surface area contributed by atoms with Gasteiger partial charge in [-0.3, -0.25) is 4.79 Å². The molecule has 2 rings (SSSR count). The van der Waals surface area contributed by atoms with Crippen molar-refractivity contribution in [2.45, 2.75) is 12.5 Å². The van der Waals surface area contributed by atoms with Crippen LogP contribution in [0.2, 0.25) is 0 Å². The van der Waals surface area contributed by atoms with Gasteiger partial charge in [0.15, 0.2) is 0 Å². The normalized spacial score (nSPS) is 18.2. The van der Waals surface area contributed by atoms with E-state index in [9.17, 15) is 4.79 Å². The number of halogens is 3. The second kappa shape index (κ2) is 6.18. The monoisotopic (exact) mass is 416 g/mol. The van der Waals surface area contributed by atoms with Crippen LogP contribution >= 0.6 is 50.9 Å². The second-order valence-electron chi connectivity index (χ2n) is 3.41. The summed E-state index contributed by atoms with van der Waals surface area (Å²) in [5.41, 5.74) is 0.848. The van der Waals surface area contributed by atoms with Crippen molar-refractivity contribution in [2.75, 3.05) is 11.9 Å². The number of rotatable bonds is 2. The van der Waals surface area contributed by atoms with E-state index in [1.54, 1.807) is 0 Å². The Hall–Kier alpha value is 0.150. The average Bonchev–Trinajstić information content (AvgIpc) is 2.08. The van der Waals surface area contributed by atoms with Crippen molar-refractivity contribution in [3.05, 3.63) is 26.2 Å². The van der Waals surface area contributed by atoms with Crippen LogP contribution in [0.1, 0.15) is 6.42 Å². The van der Waals surface area contributed by atoms with E-state index in [1.807, 2.05) is 18.2 Å². The SMILES string of the molecule is Cl.O=C(Nc1ccc(Br)c(I)c1)[C@H]1CCN1. The van der Waals surface area contributed by atoms with Crippen LogP contribution < -0.4 is 10.6 Å². The molecule has 1 amide bonds. The van der Waals surface area contributed by atoms with Gasteiger partial charge in [0.25, 0.3) is 0 Å². The predicted molar refractivity (Wildman–Crippen MR) is 79.1 cm³/mol. The lowest BCUT2D eigenvalue weighted by molar-refractivity contribution is -0.119.